The number of aryl methyl sites for hydroxylation is 1. The zero-order valence-corrected chi connectivity index (χ0v) is 14.7. The molecule has 2 aliphatic rings. The van der Waals surface area contributed by atoms with Gasteiger partial charge in [0.05, 0.1) is 5.56 Å². The second-order valence-corrected chi connectivity index (χ2v) is 6.89. The van der Waals surface area contributed by atoms with Gasteiger partial charge in [0, 0.05) is 38.7 Å². The molecule has 6 nitrogen and oxygen atoms in total. The minimum Gasteiger partial charge on any atom is -0.465 e. The lowest BCUT2D eigenvalue weighted by molar-refractivity contribution is -0.142. The van der Waals surface area contributed by atoms with Crippen molar-refractivity contribution in [2.24, 2.45) is 0 Å². The van der Waals surface area contributed by atoms with E-state index in [0.29, 0.717) is 44.1 Å². The van der Waals surface area contributed by atoms with E-state index in [2.05, 4.69) is 0 Å². The lowest BCUT2D eigenvalue weighted by Crippen LogP contribution is -2.52. The van der Waals surface area contributed by atoms with E-state index in [1.165, 1.54) is 0 Å². The van der Waals surface area contributed by atoms with Crippen molar-refractivity contribution < 1.29 is 18.7 Å². The molecule has 2 amide bonds. The van der Waals surface area contributed by atoms with E-state index in [9.17, 15) is 9.59 Å². The summed E-state index contributed by atoms with van der Waals surface area (Å²) < 4.78 is 11.2. The fraction of sp³-hybridized carbons (Fsp3) is 0.667. The lowest BCUT2D eigenvalue weighted by Gasteiger charge is -2.35. The molecule has 0 bridgehead atoms. The summed E-state index contributed by atoms with van der Waals surface area (Å²) in [6.07, 6.45) is 1.48. The zero-order valence-electron chi connectivity index (χ0n) is 14.7. The van der Waals surface area contributed by atoms with Crippen molar-refractivity contribution in [2.75, 3.05) is 32.8 Å². The molecular weight excluding hydrogens is 308 g/mol. The number of hydrogen-bond acceptors (Lipinski definition) is 4. The molecule has 0 saturated carbocycles. The number of hydrogen-bond donors (Lipinski definition) is 0. The largest absolute Gasteiger partial charge is 0.465 e. The van der Waals surface area contributed by atoms with E-state index < -0.39 is 0 Å². The highest BCUT2D eigenvalue weighted by molar-refractivity contribution is 5.95. The Morgan fingerprint density at radius 3 is 2.38 bits per heavy atom. The summed E-state index contributed by atoms with van der Waals surface area (Å²) in [6.45, 7) is 8.84. The van der Waals surface area contributed by atoms with Crippen LogP contribution in [-0.4, -0.2) is 60.5 Å². The fourth-order valence-corrected chi connectivity index (χ4v) is 3.28. The van der Waals surface area contributed by atoms with E-state index in [1.54, 1.807) is 4.90 Å². The van der Waals surface area contributed by atoms with Gasteiger partial charge in [-0.05, 0) is 25.8 Å². The van der Waals surface area contributed by atoms with Gasteiger partial charge in [-0.3, -0.25) is 9.59 Å². The number of carbonyl (C=O) groups is 2. The molecule has 2 aliphatic heterocycles. The number of amides is 2. The number of rotatable bonds is 3. The fourth-order valence-electron chi connectivity index (χ4n) is 3.28. The van der Waals surface area contributed by atoms with Crippen LogP contribution >= 0.6 is 0 Å². The normalized spacial score (nSPS) is 21.6. The molecule has 2 saturated heterocycles. The van der Waals surface area contributed by atoms with E-state index in [1.807, 2.05) is 31.7 Å². The Morgan fingerprint density at radius 2 is 1.83 bits per heavy atom. The topological polar surface area (TPSA) is 63.0 Å². The molecule has 24 heavy (non-hydrogen) atoms. The van der Waals surface area contributed by atoms with Crippen LogP contribution in [0.25, 0.3) is 0 Å². The molecule has 3 rings (SSSR count). The van der Waals surface area contributed by atoms with Crippen LogP contribution in [0.2, 0.25) is 0 Å². The zero-order chi connectivity index (χ0) is 17.3. The van der Waals surface area contributed by atoms with Crippen molar-refractivity contribution in [1.82, 2.24) is 9.80 Å². The van der Waals surface area contributed by atoms with Crippen molar-refractivity contribution in [3.8, 4) is 0 Å². The monoisotopic (exact) mass is 334 g/mol. The molecule has 1 aromatic heterocycles. The maximum absolute atomic E-state index is 12.7. The number of carbonyl (C=O) groups excluding carboxylic acids is 2. The standard InChI is InChI=1S/C18H26N2O4/c1-12(2)16-11-14(13(3)24-16)17(21)19-6-8-20(9-7-19)18(22)15-5-4-10-23-15/h11-12,15H,4-10H2,1-3H3/t15-/m0/s1. The molecule has 0 N–H and O–H groups in total. The predicted molar refractivity (Wildman–Crippen MR) is 89.0 cm³/mol. The Labute approximate surface area is 142 Å². The van der Waals surface area contributed by atoms with Gasteiger partial charge in [-0.25, -0.2) is 0 Å². The summed E-state index contributed by atoms with van der Waals surface area (Å²) in [6, 6.07) is 1.85. The van der Waals surface area contributed by atoms with E-state index in [4.69, 9.17) is 9.15 Å². The number of furan rings is 1. The minimum atomic E-state index is -0.281. The first-order valence-electron chi connectivity index (χ1n) is 8.77. The van der Waals surface area contributed by atoms with Gasteiger partial charge in [0.1, 0.15) is 17.6 Å². The van der Waals surface area contributed by atoms with Crippen molar-refractivity contribution in [2.45, 2.75) is 45.6 Å². The maximum atomic E-state index is 12.7. The molecule has 6 heteroatoms. The summed E-state index contributed by atoms with van der Waals surface area (Å²) in [5, 5.41) is 0. The number of ether oxygens (including phenoxy) is 1. The van der Waals surface area contributed by atoms with Crippen LogP contribution in [0, 0.1) is 6.92 Å². The minimum absolute atomic E-state index is 0.00707. The van der Waals surface area contributed by atoms with Crippen molar-refractivity contribution >= 4 is 11.8 Å². The Morgan fingerprint density at radius 1 is 1.17 bits per heavy atom. The van der Waals surface area contributed by atoms with Crippen LogP contribution in [0.15, 0.2) is 10.5 Å². The van der Waals surface area contributed by atoms with E-state index >= 15 is 0 Å². The number of nitrogens with zero attached hydrogens (tertiary/aromatic N) is 2. The van der Waals surface area contributed by atoms with Crippen molar-refractivity contribution in [3.63, 3.8) is 0 Å². The average Bonchev–Trinajstić information content (AvgIpc) is 3.23. The van der Waals surface area contributed by atoms with Crippen LogP contribution in [0.4, 0.5) is 0 Å². The van der Waals surface area contributed by atoms with Crippen LogP contribution in [0.3, 0.4) is 0 Å². The van der Waals surface area contributed by atoms with Gasteiger partial charge in [0.2, 0.25) is 0 Å². The third kappa shape index (κ3) is 3.34. The molecule has 2 fully saturated rings. The first kappa shape index (κ1) is 17.0. The quantitative estimate of drug-likeness (QED) is 0.850. The van der Waals surface area contributed by atoms with E-state index in [-0.39, 0.29) is 23.8 Å². The van der Waals surface area contributed by atoms with Gasteiger partial charge in [-0.1, -0.05) is 13.8 Å². The summed E-state index contributed by atoms with van der Waals surface area (Å²) in [4.78, 5) is 28.7. The summed E-state index contributed by atoms with van der Waals surface area (Å²) in [7, 11) is 0. The third-order valence-electron chi connectivity index (χ3n) is 4.82. The SMILES string of the molecule is Cc1oc(C(C)C)cc1C(=O)N1CCN(C(=O)[C@@H]2CCCO2)CC1. The van der Waals surface area contributed by atoms with Crippen LogP contribution < -0.4 is 0 Å². The Balaban J connectivity index is 1.60. The Hall–Kier alpha value is -1.82. The molecular formula is C18H26N2O4. The van der Waals surface area contributed by atoms with Gasteiger partial charge in [-0.2, -0.15) is 0 Å². The molecule has 0 spiro atoms. The smallest absolute Gasteiger partial charge is 0.257 e. The van der Waals surface area contributed by atoms with Crippen LogP contribution in [0.1, 0.15) is 54.5 Å². The molecule has 0 aromatic carbocycles. The molecule has 1 aromatic rings. The Bertz CT molecular complexity index is 609. The van der Waals surface area contributed by atoms with Crippen molar-refractivity contribution in [1.29, 1.82) is 0 Å². The molecule has 0 unspecified atom stereocenters. The summed E-state index contributed by atoms with van der Waals surface area (Å²) in [5.41, 5.74) is 0.637. The second kappa shape index (κ2) is 6.97. The molecule has 1 atom stereocenters. The van der Waals surface area contributed by atoms with Crippen LogP contribution in [0.5, 0.6) is 0 Å². The average molecular weight is 334 g/mol. The predicted octanol–water partition coefficient (Wildman–Crippen LogP) is 2.17. The van der Waals surface area contributed by atoms with Gasteiger partial charge in [0.15, 0.2) is 0 Å². The highest BCUT2D eigenvalue weighted by Crippen LogP contribution is 2.23. The number of piperazine rings is 1. The van der Waals surface area contributed by atoms with Crippen LogP contribution in [-0.2, 0) is 9.53 Å². The second-order valence-electron chi connectivity index (χ2n) is 6.89. The van der Waals surface area contributed by atoms with Crippen molar-refractivity contribution in [3.05, 3.63) is 23.2 Å². The highest BCUT2D eigenvalue weighted by Gasteiger charge is 2.32. The molecule has 132 valence electrons. The summed E-state index contributed by atoms with van der Waals surface area (Å²) >= 11 is 0. The van der Waals surface area contributed by atoms with Gasteiger partial charge in [0.25, 0.3) is 11.8 Å². The molecule has 0 radical (unpaired) electrons. The first-order valence-corrected chi connectivity index (χ1v) is 8.77. The van der Waals surface area contributed by atoms with E-state index in [0.717, 1.165) is 18.6 Å². The van der Waals surface area contributed by atoms with Gasteiger partial charge in [-0.15, -0.1) is 0 Å². The third-order valence-corrected chi connectivity index (χ3v) is 4.82. The Kier molecular flexibility index (Phi) is 4.94. The lowest BCUT2D eigenvalue weighted by atomic mass is 10.1. The summed E-state index contributed by atoms with van der Waals surface area (Å²) in [5.74, 6) is 1.82. The molecule has 0 aliphatic carbocycles. The highest BCUT2D eigenvalue weighted by atomic mass is 16.5. The molecule has 3 heterocycles. The van der Waals surface area contributed by atoms with Gasteiger partial charge < -0.3 is 19.0 Å². The first-order chi connectivity index (χ1) is 11.5. The van der Waals surface area contributed by atoms with Gasteiger partial charge >= 0.3 is 0 Å². The maximum Gasteiger partial charge on any atom is 0.257 e.